The summed E-state index contributed by atoms with van der Waals surface area (Å²) >= 11 is 0. The minimum Gasteiger partial charge on any atom is -0.315 e. The summed E-state index contributed by atoms with van der Waals surface area (Å²) in [5.41, 5.74) is 0. The van der Waals surface area contributed by atoms with Crippen LogP contribution in [-0.2, 0) is 0 Å². The second kappa shape index (κ2) is 8.12. The predicted molar refractivity (Wildman–Crippen MR) is 67.2 cm³/mol. The van der Waals surface area contributed by atoms with Gasteiger partial charge in [0.2, 0.25) is 0 Å². The van der Waals surface area contributed by atoms with Gasteiger partial charge in [0, 0.05) is 13.1 Å². The van der Waals surface area contributed by atoms with Crippen LogP contribution in [0.5, 0.6) is 0 Å². The Hall–Kier alpha value is -0.0800. The zero-order valence-electron chi connectivity index (χ0n) is 10.6. The Morgan fingerprint density at radius 3 is 2.20 bits per heavy atom. The van der Waals surface area contributed by atoms with Crippen molar-refractivity contribution in [1.29, 1.82) is 0 Å². The number of nitrogens with one attached hydrogen (secondary N) is 1. The Morgan fingerprint density at radius 1 is 1.00 bits per heavy atom. The Kier molecular flexibility index (Phi) is 7.03. The summed E-state index contributed by atoms with van der Waals surface area (Å²) in [5.74, 6) is 0.951. The van der Waals surface area contributed by atoms with Gasteiger partial charge in [0.25, 0.3) is 0 Å². The monoisotopic (exact) mass is 212 g/mol. The lowest BCUT2D eigenvalue weighted by molar-refractivity contribution is 0.344. The molecule has 0 aromatic rings. The topological polar surface area (TPSA) is 15.3 Å². The minimum absolute atomic E-state index is 0.951. The number of nitrogens with zero attached hydrogens (tertiary/aromatic N) is 1. The van der Waals surface area contributed by atoms with Gasteiger partial charge in [0.15, 0.2) is 0 Å². The van der Waals surface area contributed by atoms with Crippen LogP contribution in [0.15, 0.2) is 0 Å². The third-order valence-electron chi connectivity index (χ3n) is 3.39. The number of hydrogen-bond acceptors (Lipinski definition) is 2. The Balaban J connectivity index is 2.02. The van der Waals surface area contributed by atoms with Gasteiger partial charge in [0.1, 0.15) is 0 Å². The molecule has 1 rings (SSSR count). The van der Waals surface area contributed by atoms with Crippen LogP contribution in [-0.4, -0.2) is 38.6 Å². The fourth-order valence-electron chi connectivity index (χ4n) is 2.35. The molecular weight excluding hydrogens is 184 g/mol. The molecule has 1 aliphatic carbocycles. The van der Waals surface area contributed by atoms with Crippen LogP contribution in [0, 0.1) is 5.92 Å². The lowest BCUT2D eigenvalue weighted by Crippen LogP contribution is -2.30. The summed E-state index contributed by atoms with van der Waals surface area (Å²) in [6, 6.07) is 0. The third-order valence-corrected chi connectivity index (χ3v) is 3.39. The van der Waals surface area contributed by atoms with Crippen molar-refractivity contribution in [2.75, 3.05) is 33.7 Å². The van der Waals surface area contributed by atoms with E-state index >= 15 is 0 Å². The smallest absolute Gasteiger partial charge is 0.0101 e. The van der Waals surface area contributed by atoms with Gasteiger partial charge in [-0.15, -0.1) is 0 Å². The Bertz CT molecular complexity index is 137. The SMILES string of the molecule is CN(C)CCNCC1CCCCCCC1. The van der Waals surface area contributed by atoms with Gasteiger partial charge < -0.3 is 10.2 Å². The van der Waals surface area contributed by atoms with Crippen molar-refractivity contribution in [2.24, 2.45) is 5.92 Å². The van der Waals surface area contributed by atoms with Crippen molar-refractivity contribution < 1.29 is 0 Å². The highest BCUT2D eigenvalue weighted by atomic mass is 15.1. The van der Waals surface area contributed by atoms with E-state index in [1.54, 1.807) is 0 Å². The molecule has 1 fully saturated rings. The summed E-state index contributed by atoms with van der Waals surface area (Å²) in [7, 11) is 4.27. The predicted octanol–water partition coefficient (Wildman–Crippen LogP) is 2.50. The van der Waals surface area contributed by atoms with Crippen LogP contribution < -0.4 is 5.32 Å². The molecule has 2 nitrogen and oxygen atoms in total. The summed E-state index contributed by atoms with van der Waals surface area (Å²) in [6.07, 6.45) is 10.2. The minimum atomic E-state index is 0.951. The highest BCUT2D eigenvalue weighted by Crippen LogP contribution is 2.21. The quantitative estimate of drug-likeness (QED) is 0.704. The molecule has 0 saturated heterocycles. The van der Waals surface area contributed by atoms with Gasteiger partial charge in [-0.05, 0) is 39.4 Å². The van der Waals surface area contributed by atoms with Crippen molar-refractivity contribution in [1.82, 2.24) is 10.2 Å². The molecule has 15 heavy (non-hydrogen) atoms. The maximum absolute atomic E-state index is 3.59. The van der Waals surface area contributed by atoms with Crippen LogP contribution in [0.25, 0.3) is 0 Å². The molecule has 0 radical (unpaired) electrons. The molecular formula is C13H28N2. The van der Waals surface area contributed by atoms with Gasteiger partial charge in [-0.1, -0.05) is 32.1 Å². The third kappa shape index (κ3) is 6.91. The van der Waals surface area contributed by atoms with E-state index in [4.69, 9.17) is 0 Å². The summed E-state index contributed by atoms with van der Waals surface area (Å²) in [5, 5.41) is 3.59. The van der Waals surface area contributed by atoms with E-state index in [0.717, 1.165) is 19.0 Å². The normalized spacial score (nSPS) is 20.2. The van der Waals surface area contributed by atoms with E-state index in [1.807, 2.05) is 0 Å². The molecule has 1 N–H and O–H groups in total. The molecule has 1 saturated carbocycles. The lowest BCUT2D eigenvalue weighted by Gasteiger charge is -2.20. The van der Waals surface area contributed by atoms with E-state index in [9.17, 15) is 0 Å². The molecule has 0 unspecified atom stereocenters. The van der Waals surface area contributed by atoms with E-state index in [2.05, 4.69) is 24.3 Å². The van der Waals surface area contributed by atoms with Crippen LogP contribution in [0.3, 0.4) is 0 Å². The fraction of sp³-hybridized carbons (Fsp3) is 1.00. The van der Waals surface area contributed by atoms with Gasteiger partial charge >= 0.3 is 0 Å². The first-order valence-electron chi connectivity index (χ1n) is 6.64. The highest BCUT2D eigenvalue weighted by molar-refractivity contribution is 4.66. The van der Waals surface area contributed by atoms with Gasteiger partial charge in [0.05, 0.1) is 0 Å². The van der Waals surface area contributed by atoms with Crippen molar-refractivity contribution in [3.63, 3.8) is 0 Å². The number of hydrogen-bond donors (Lipinski definition) is 1. The van der Waals surface area contributed by atoms with Crippen molar-refractivity contribution in [3.8, 4) is 0 Å². The molecule has 1 aliphatic rings. The zero-order chi connectivity index (χ0) is 10.9. The van der Waals surface area contributed by atoms with Crippen molar-refractivity contribution in [3.05, 3.63) is 0 Å². The fourth-order valence-corrected chi connectivity index (χ4v) is 2.35. The molecule has 90 valence electrons. The van der Waals surface area contributed by atoms with E-state index in [1.165, 1.54) is 51.5 Å². The van der Waals surface area contributed by atoms with Crippen molar-refractivity contribution >= 4 is 0 Å². The first-order chi connectivity index (χ1) is 7.29. The second-order valence-electron chi connectivity index (χ2n) is 5.22. The van der Waals surface area contributed by atoms with Crippen LogP contribution in [0.4, 0.5) is 0 Å². The molecule has 0 heterocycles. The largest absolute Gasteiger partial charge is 0.315 e. The van der Waals surface area contributed by atoms with Crippen LogP contribution >= 0.6 is 0 Å². The Morgan fingerprint density at radius 2 is 1.60 bits per heavy atom. The maximum atomic E-state index is 3.59. The standard InChI is InChI=1S/C13H28N2/c1-15(2)11-10-14-12-13-8-6-4-3-5-7-9-13/h13-14H,3-12H2,1-2H3. The van der Waals surface area contributed by atoms with Crippen molar-refractivity contribution in [2.45, 2.75) is 44.9 Å². The van der Waals surface area contributed by atoms with E-state index < -0.39 is 0 Å². The van der Waals surface area contributed by atoms with Crippen LogP contribution in [0.1, 0.15) is 44.9 Å². The average molecular weight is 212 g/mol. The molecule has 2 heteroatoms. The summed E-state index contributed by atoms with van der Waals surface area (Å²) in [6.45, 7) is 3.55. The number of rotatable bonds is 5. The molecule has 0 atom stereocenters. The molecule has 0 spiro atoms. The van der Waals surface area contributed by atoms with E-state index in [-0.39, 0.29) is 0 Å². The number of likely N-dealkylation sites (N-methyl/N-ethyl adjacent to an activating group) is 1. The maximum Gasteiger partial charge on any atom is 0.0101 e. The molecule has 0 aromatic heterocycles. The summed E-state index contributed by atoms with van der Waals surface area (Å²) < 4.78 is 0. The first-order valence-corrected chi connectivity index (χ1v) is 6.64. The molecule has 0 aliphatic heterocycles. The zero-order valence-corrected chi connectivity index (χ0v) is 10.6. The molecule has 0 aromatic carbocycles. The lowest BCUT2D eigenvalue weighted by atomic mass is 9.91. The average Bonchev–Trinajstić information content (AvgIpc) is 2.14. The molecule has 0 amide bonds. The first kappa shape index (κ1) is 13.0. The molecule has 0 bridgehead atoms. The van der Waals surface area contributed by atoms with Gasteiger partial charge in [-0.3, -0.25) is 0 Å². The summed E-state index contributed by atoms with van der Waals surface area (Å²) in [4.78, 5) is 2.24. The van der Waals surface area contributed by atoms with E-state index in [0.29, 0.717) is 0 Å². The Labute approximate surface area is 95.4 Å². The van der Waals surface area contributed by atoms with Crippen LogP contribution in [0.2, 0.25) is 0 Å². The van der Waals surface area contributed by atoms with Gasteiger partial charge in [-0.2, -0.15) is 0 Å². The highest BCUT2D eigenvalue weighted by Gasteiger charge is 2.10. The second-order valence-corrected chi connectivity index (χ2v) is 5.22. The van der Waals surface area contributed by atoms with Gasteiger partial charge in [-0.25, -0.2) is 0 Å².